The molecule has 1 saturated carbocycles. The van der Waals surface area contributed by atoms with E-state index in [0.29, 0.717) is 58.5 Å². The zero-order valence-electron chi connectivity index (χ0n) is 29.8. The highest BCUT2D eigenvalue weighted by atomic mass is 35.5. The van der Waals surface area contributed by atoms with Crippen molar-refractivity contribution in [3.63, 3.8) is 0 Å². The third-order valence-electron chi connectivity index (χ3n) is 11.3. The zero-order valence-corrected chi connectivity index (χ0v) is 31.4. The molecule has 2 fully saturated rings. The van der Waals surface area contributed by atoms with Gasteiger partial charge in [-0.15, -0.1) is 0 Å². The number of hydrogen-bond donors (Lipinski definition) is 3. The number of carbonyl (C=O) groups is 2. The first-order chi connectivity index (χ1) is 25.7. The molecule has 2 aliphatic heterocycles. The standard InChI is InChI=1S/C40H43Cl2N5O6/c1-46-32-11-16-47(24-12-17-52-18-13-24)22-31(32)44-37(46)38(48)45-30-8-4-7-28(36(30)42)25-5-3-6-27-26(25)9-10-33(27)53-35-20-34(51-2)23(19-29(35)41)21-43-40(14-15-40)39(49)50/h3-8,19-20,24,33,43H,9-18,21-22H2,1-2H3,(H,45,48)(H,49,50). The van der Waals surface area contributed by atoms with Gasteiger partial charge in [-0.2, -0.15) is 0 Å². The Morgan fingerprint density at radius 1 is 1.04 bits per heavy atom. The Bertz CT molecular complexity index is 2070. The van der Waals surface area contributed by atoms with Crippen LogP contribution in [-0.2, 0) is 42.5 Å². The second-order valence-corrected chi connectivity index (χ2v) is 15.2. The number of nitrogens with one attached hydrogen (secondary N) is 2. The summed E-state index contributed by atoms with van der Waals surface area (Å²) in [6, 6.07) is 15.8. The Hall–Kier alpha value is -4.13. The normalized spacial score (nSPS) is 19.4. The number of fused-ring (bicyclic) bond motifs is 2. The van der Waals surface area contributed by atoms with Gasteiger partial charge in [0.15, 0.2) is 5.82 Å². The number of benzene rings is 3. The van der Waals surface area contributed by atoms with E-state index in [-0.39, 0.29) is 12.0 Å². The lowest BCUT2D eigenvalue weighted by Gasteiger charge is -2.36. The Kier molecular flexibility index (Phi) is 9.88. The van der Waals surface area contributed by atoms with Crippen LogP contribution in [0.1, 0.15) is 76.9 Å². The second-order valence-electron chi connectivity index (χ2n) is 14.4. The maximum atomic E-state index is 13.7. The van der Waals surface area contributed by atoms with Crippen LogP contribution in [0.15, 0.2) is 48.5 Å². The molecule has 0 bridgehead atoms. The summed E-state index contributed by atoms with van der Waals surface area (Å²) in [5.41, 5.74) is 6.43. The number of carboxylic acids is 1. The van der Waals surface area contributed by atoms with Crippen molar-refractivity contribution in [1.29, 1.82) is 0 Å². The van der Waals surface area contributed by atoms with Crippen LogP contribution < -0.4 is 20.1 Å². The van der Waals surface area contributed by atoms with E-state index in [1.165, 1.54) is 0 Å². The molecule has 3 aromatic carbocycles. The molecule has 3 N–H and O–H groups in total. The van der Waals surface area contributed by atoms with Gasteiger partial charge >= 0.3 is 5.97 Å². The van der Waals surface area contributed by atoms with Crippen LogP contribution in [0.2, 0.25) is 10.0 Å². The Labute approximate surface area is 318 Å². The number of anilines is 1. The van der Waals surface area contributed by atoms with Crippen LogP contribution in [-0.4, -0.2) is 69.9 Å². The number of ether oxygens (including phenoxy) is 3. The number of rotatable bonds is 11. The fourth-order valence-corrected chi connectivity index (χ4v) is 8.63. The minimum Gasteiger partial charge on any atom is -0.496 e. The van der Waals surface area contributed by atoms with Gasteiger partial charge in [-0.25, -0.2) is 4.98 Å². The average Bonchev–Trinajstić information content (AvgIpc) is 3.76. The summed E-state index contributed by atoms with van der Waals surface area (Å²) in [7, 11) is 3.48. The van der Waals surface area contributed by atoms with Crippen molar-refractivity contribution in [2.45, 2.75) is 75.7 Å². The number of carbonyl (C=O) groups excluding carboxylic acids is 1. The number of nitrogens with zero attached hydrogens (tertiary/aromatic N) is 3. The molecule has 1 saturated heterocycles. The van der Waals surface area contributed by atoms with E-state index >= 15 is 0 Å². The lowest BCUT2D eigenvalue weighted by atomic mass is 9.96. The molecular weight excluding hydrogens is 717 g/mol. The first-order valence-electron chi connectivity index (χ1n) is 18.3. The van der Waals surface area contributed by atoms with Gasteiger partial charge in [0.2, 0.25) is 0 Å². The van der Waals surface area contributed by atoms with E-state index < -0.39 is 11.5 Å². The number of amides is 1. The van der Waals surface area contributed by atoms with Crippen LogP contribution in [0.4, 0.5) is 5.69 Å². The van der Waals surface area contributed by atoms with Gasteiger partial charge in [0.05, 0.1) is 28.5 Å². The minimum absolute atomic E-state index is 0.253. The van der Waals surface area contributed by atoms with Crippen LogP contribution in [0.5, 0.6) is 11.5 Å². The summed E-state index contributed by atoms with van der Waals surface area (Å²) in [5, 5.41) is 16.6. The molecule has 1 aromatic heterocycles. The molecule has 2 aliphatic carbocycles. The summed E-state index contributed by atoms with van der Waals surface area (Å²) in [4.78, 5) is 32.6. The van der Waals surface area contributed by atoms with Crippen LogP contribution in [0.3, 0.4) is 0 Å². The van der Waals surface area contributed by atoms with Crippen LogP contribution >= 0.6 is 23.2 Å². The number of hydrogen-bond acceptors (Lipinski definition) is 8. The van der Waals surface area contributed by atoms with Crippen molar-refractivity contribution >= 4 is 40.8 Å². The molecule has 1 amide bonds. The molecule has 11 nitrogen and oxygen atoms in total. The van der Waals surface area contributed by atoms with Crippen molar-refractivity contribution in [1.82, 2.24) is 19.8 Å². The van der Waals surface area contributed by atoms with E-state index in [2.05, 4.69) is 21.6 Å². The van der Waals surface area contributed by atoms with Gasteiger partial charge in [0, 0.05) is 75.2 Å². The molecule has 1 unspecified atom stereocenters. The largest absolute Gasteiger partial charge is 0.496 e. The number of methoxy groups -OCH3 is 1. The summed E-state index contributed by atoms with van der Waals surface area (Å²) in [6.07, 6.45) is 5.33. The lowest BCUT2D eigenvalue weighted by Crippen LogP contribution is -2.42. The number of imidazole rings is 1. The summed E-state index contributed by atoms with van der Waals surface area (Å²) >= 11 is 13.8. The highest BCUT2D eigenvalue weighted by Crippen LogP contribution is 2.45. The molecule has 4 aliphatic rings. The fourth-order valence-electron chi connectivity index (χ4n) is 8.12. The summed E-state index contributed by atoms with van der Waals surface area (Å²) in [5.74, 6) is 0.286. The van der Waals surface area contributed by atoms with E-state index in [1.54, 1.807) is 19.2 Å². The summed E-state index contributed by atoms with van der Waals surface area (Å²) in [6.45, 7) is 3.58. The predicted octanol–water partition coefficient (Wildman–Crippen LogP) is 6.97. The molecule has 4 aromatic rings. The number of halogens is 2. The maximum Gasteiger partial charge on any atom is 0.323 e. The third kappa shape index (κ3) is 6.89. The molecule has 13 heteroatoms. The highest BCUT2D eigenvalue weighted by Gasteiger charge is 2.50. The van der Waals surface area contributed by atoms with Crippen molar-refractivity contribution in [3.05, 3.63) is 92.5 Å². The molecular formula is C40H43Cl2N5O6. The number of aliphatic carboxylic acids is 1. The van der Waals surface area contributed by atoms with Gasteiger partial charge in [0.1, 0.15) is 23.1 Å². The van der Waals surface area contributed by atoms with E-state index in [1.807, 2.05) is 41.9 Å². The average molecular weight is 761 g/mol. The highest BCUT2D eigenvalue weighted by molar-refractivity contribution is 6.36. The topological polar surface area (TPSA) is 127 Å². The third-order valence-corrected chi connectivity index (χ3v) is 12.0. The number of carboxylic acid groups (broad SMARTS) is 1. The Morgan fingerprint density at radius 3 is 2.57 bits per heavy atom. The molecule has 8 rings (SSSR count). The van der Waals surface area contributed by atoms with Crippen molar-refractivity contribution in [3.8, 4) is 22.6 Å². The van der Waals surface area contributed by atoms with Gasteiger partial charge < -0.3 is 29.2 Å². The van der Waals surface area contributed by atoms with Crippen molar-refractivity contribution < 1.29 is 28.9 Å². The molecule has 0 spiro atoms. The van der Waals surface area contributed by atoms with Crippen molar-refractivity contribution in [2.24, 2.45) is 7.05 Å². The zero-order chi connectivity index (χ0) is 36.9. The van der Waals surface area contributed by atoms with Crippen LogP contribution in [0.25, 0.3) is 11.1 Å². The van der Waals surface area contributed by atoms with Gasteiger partial charge in [-0.05, 0) is 67.3 Å². The molecule has 278 valence electrons. The molecule has 0 radical (unpaired) electrons. The molecule has 1 atom stereocenters. The molecule has 3 heterocycles. The first kappa shape index (κ1) is 35.9. The van der Waals surface area contributed by atoms with Crippen molar-refractivity contribution in [2.75, 3.05) is 32.2 Å². The number of aromatic nitrogens is 2. The van der Waals surface area contributed by atoms with Crippen LogP contribution in [0, 0.1) is 0 Å². The van der Waals surface area contributed by atoms with E-state index in [0.717, 1.165) is 97.6 Å². The summed E-state index contributed by atoms with van der Waals surface area (Å²) < 4.78 is 19.7. The monoisotopic (exact) mass is 759 g/mol. The second kappa shape index (κ2) is 14.6. The Balaban J connectivity index is 0.985. The maximum absolute atomic E-state index is 13.7. The quantitative estimate of drug-likeness (QED) is 0.149. The van der Waals surface area contributed by atoms with E-state index in [9.17, 15) is 14.7 Å². The van der Waals surface area contributed by atoms with Gasteiger partial charge in [-0.1, -0.05) is 53.5 Å². The van der Waals surface area contributed by atoms with E-state index in [4.69, 9.17) is 42.4 Å². The Morgan fingerprint density at radius 2 is 1.81 bits per heavy atom. The SMILES string of the molecule is COc1cc(OC2CCc3c(-c4cccc(NC(=O)c5nc6c(n5C)CCN(C5CCOCC5)C6)c4Cl)cccc32)c(Cl)cc1CNC1(C(=O)O)CC1. The first-order valence-corrected chi connectivity index (χ1v) is 19.0. The molecule has 53 heavy (non-hydrogen) atoms. The van der Waals surface area contributed by atoms with Gasteiger partial charge in [-0.3, -0.25) is 19.8 Å². The minimum atomic E-state index is -0.877. The fraction of sp³-hybridized carbons (Fsp3) is 0.425. The van der Waals surface area contributed by atoms with Gasteiger partial charge in [0.25, 0.3) is 5.91 Å². The lowest BCUT2D eigenvalue weighted by molar-refractivity contribution is -0.140. The smallest absolute Gasteiger partial charge is 0.323 e. The predicted molar refractivity (Wildman–Crippen MR) is 202 cm³/mol.